The van der Waals surface area contributed by atoms with E-state index in [9.17, 15) is 19.5 Å². The maximum Gasteiger partial charge on any atom is 0.423 e. The van der Waals surface area contributed by atoms with Gasteiger partial charge in [0.2, 0.25) is 11.8 Å². The predicted molar refractivity (Wildman–Crippen MR) is 136 cm³/mol. The van der Waals surface area contributed by atoms with Crippen molar-refractivity contribution in [1.82, 2.24) is 4.90 Å². The van der Waals surface area contributed by atoms with E-state index in [0.29, 0.717) is 23.7 Å². The lowest BCUT2D eigenvalue weighted by atomic mass is 9.67. The smallest absolute Gasteiger partial charge is 0.423 e. The molecule has 0 bridgehead atoms. The Morgan fingerprint density at radius 2 is 1.86 bits per heavy atom. The number of imide groups is 3. The molecule has 7 heteroatoms. The molecule has 3 aliphatic rings. The number of ether oxygens (including phenoxy) is 2. The first-order valence-corrected chi connectivity index (χ1v) is 12.9. The third-order valence-corrected chi connectivity index (χ3v) is 8.06. The van der Waals surface area contributed by atoms with E-state index in [1.165, 1.54) is 18.3 Å². The molecule has 1 aromatic rings. The molecule has 0 unspecified atom stereocenters. The van der Waals surface area contributed by atoms with Gasteiger partial charge >= 0.3 is 6.09 Å². The fourth-order valence-corrected chi connectivity index (χ4v) is 6.21. The van der Waals surface area contributed by atoms with Gasteiger partial charge in [-0.15, -0.1) is 0 Å². The van der Waals surface area contributed by atoms with Crippen molar-refractivity contribution in [3.63, 3.8) is 0 Å². The number of fused-ring (bicyclic) bond motifs is 3. The molecule has 1 aromatic carbocycles. The highest BCUT2D eigenvalue weighted by atomic mass is 16.5. The quantitative estimate of drug-likeness (QED) is 0.424. The van der Waals surface area contributed by atoms with Crippen LogP contribution in [0, 0.1) is 37.5 Å². The first kappa shape index (κ1) is 26.1. The van der Waals surface area contributed by atoms with Gasteiger partial charge in [0.1, 0.15) is 5.75 Å². The molecule has 0 saturated carbocycles. The predicted octanol–water partition coefficient (Wildman–Crippen LogP) is 5.32. The van der Waals surface area contributed by atoms with E-state index in [4.69, 9.17) is 9.47 Å². The molecule has 3 amide bonds. The Hall–Kier alpha value is -2.93. The number of hydrogen-bond donors (Lipinski definition) is 1. The van der Waals surface area contributed by atoms with Crippen molar-refractivity contribution in [2.75, 3.05) is 13.7 Å². The molecular formula is C29H37NO6. The summed E-state index contributed by atoms with van der Waals surface area (Å²) in [5.74, 6) is -1.64. The molecule has 4 rings (SSSR count). The van der Waals surface area contributed by atoms with E-state index >= 15 is 0 Å². The normalized spacial score (nSPS) is 26.1. The van der Waals surface area contributed by atoms with Gasteiger partial charge in [0.05, 0.1) is 31.7 Å². The Bertz CT molecular complexity index is 1120. The average molecular weight is 496 g/mol. The molecule has 0 spiro atoms. The number of likely N-dealkylation sites (tertiary alicyclic amines) is 1. The zero-order chi connectivity index (χ0) is 26.3. The first-order valence-electron chi connectivity index (χ1n) is 12.9. The molecule has 2 fully saturated rings. The Labute approximate surface area is 213 Å². The van der Waals surface area contributed by atoms with Gasteiger partial charge in [-0.1, -0.05) is 38.0 Å². The van der Waals surface area contributed by atoms with E-state index in [1.807, 2.05) is 26.0 Å². The maximum atomic E-state index is 13.2. The van der Waals surface area contributed by atoms with Crippen LogP contribution in [0.2, 0.25) is 0 Å². The highest BCUT2D eigenvalue weighted by molar-refractivity contribution is 6.16. The second kappa shape index (κ2) is 10.2. The van der Waals surface area contributed by atoms with Crippen LogP contribution < -0.4 is 0 Å². The molecule has 0 radical (unpaired) electrons. The van der Waals surface area contributed by atoms with Crippen LogP contribution in [0.25, 0.3) is 6.08 Å². The van der Waals surface area contributed by atoms with Gasteiger partial charge in [-0.3, -0.25) is 9.59 Å². The van der Waals surface area contributed by atoms with E-state index in [1.54, 1.807) is 0 Å². The van der Waals surface area contributed by atoms with Crippen molar-refractivity contribution in [2.45, 2.75) is 66.4 Å². The van der Waals surface area contributed by atoms with Gasteiger partial charge in [0.25, 0.3) is 0 Å². The van der Waals surface area contributed by atoms with Gasteiger partial charge < -0.3 is 14.6 Å². The third-order valence-electron chi connectivity index (χ3n) is 8.06. The number of aryl methyl sites for hydroxylation is 2. The summed E-state index contributed by atoms with van der Waals surface area (Å²) in [4.78, 5) is 39.0. The van der Waals surface area contributed by atoms with E-state index in [0.717, 1.165) is 41.5 Å². The zero-order valence-electron chi connectivity index (χ0n) is 22.1. The molecule has 4 atom stereocenters. The van der Waals surface area contributed by atoms with Crippen LogP contribution in [0.3, 0.4) is 0 Å². The molecule has 1 aliphatic carbocycles. The Kier molecular flexibility index (Phi) is 7.41. The Morgan fingerprint density at radius 1 is 1.19 bits per heavy atom. The van der Waals surface area contributed by atoms with Crippen LogP contribution in [-0.4, -0.2) is 47.7 Å². The van der Waals surface area contributed by atoms with Gasteiger partial charge in [0.15, 0.2) is 0 Å². The number of phenols is 1. The first-order chi connectivity index (χ1) is 17.1. The van der Waals surface area contributed by atoms with Crippen LogP contribution in [0.1, 0.15) is 63.1 Å². The van der Waals surface area contributed by atoms with Crippen molar-refractivity contribution in [3.8, 4) is 5.75 Å². The highest BCUT2D eigenvalue weighted by Gasteiger charge is 2.59. The number of hydrogen-bond acceptors (Lipinski definition) is 6. The molecule has 36 heavy (non-hydrogen) atoms. The molecular weight excluding hydrogens is 458 g/mol. The standard InChI is InChI=1S/C29H37NO6/c1-7-18(12-19-10-16(4)26(31)17(5)11-19)8-9-23-24-20(15(2)3)13-21-25(22(24)14-36-23)28(33)30(27(21)32)29(34)35-6/h10-12,15,21-23,25,31H,7-9,13-14H2,1-6H3/b18-12+/t21-,22+,23-,25-/m1/s1. The average Bonchev–Trinajstić information content (AvgIpc) is 3.37. The van der Waals surface area contributed by atoms with Crippen molar-refractivity contribution >= 4 is 24.0 Å². The minimum absolute atomic E-state index is 0.110. The number of aromatic hydroxyl groups is 1. The number of amides is 3. The minimum Gasteiger partial charge on any atom is -0.507 e. The zero-order valence-corrected chi connectivity index (χ0v) is 22.1. The second-order valence-corrected chi connectivity index (χ2v) is 10.6. The lowest BCUT2D eigenvalue weighted by Gasteiger charge is -2.33. The van der Waals surface area contributed by atoms with Crippen molar-refractivity contribution < 1.29 is 29.0 Å². The SMILES string of the molecule is CC/C(=C\c1cc(C)c(O)c(C)c1)CC[C@H]1OC[C@H]2C1=C(C(C)C)C[C@H]1C(=O)N(C(=O)OC)C(=O)[C@H]12. The summed E-state index contributed by atoms with van der Waals surface area (Å²) in [5, 5.41) is 10.1. The summed E-state index contributed by atoms with van der Waals surface area (Å²) in [5.41, 5.74) is 6.42. The Morgan fingerprint density at radius 3 is 2.44 bits per heavy atom. The number of allylic oxidation sites excluding steroid dienone is 2. The number of methoxy groups -OCH3 is 1. The monoisotopic (exact) mass is 495 g/mol. The van der Waals surface area contributed by atoms with Crippen LogP contribution in [-0.2, 0) is 19.1 Å². The summed E-state index contributed by atoms with van der Waals surface area (Å²) >= 11 is 0. The number of carbonyl (C=O) groups is 3. The Balaban J connectivity index is 1.58. The lowest BCUT2D eigenvalue weighted by Crippen LogP contribution is -2.38. The maximum absolute atomic E-state index is 13.2. The van der Waals surface area contributed by atoms with E-state index in [2.05, 4.69) is 26.8 Å². The number of nitrogens with zero attached hydrogens (tertiary/aromatic N) is 1. The van der Waals surface area contributed by atoms with Crippen molar-refractivity contribution in [3.05, 3.63) is 45.5 Å². The number of phenolic OH excluding ortho intramolecular Hbond substituents is 1. The summed E-state index contributed by atoms with van der Waals surface area (Å²) in [7, 11) is 1.18. The number of carbonyl (C=O) groups excluding carboxylic acids is 3. The van der Waals surface area contributed by atoms with Crippen LogP contribution in [0.5, 0.6) is 5.75 Å². The lowest BCUT2D eigenvalue weighted by molar-refractivity contribution is -0.137. The number of benzene rings is 1. The molecule has 2 heterocycles. The fourth-order valence-electron chi connectivity index (χ4n) is 6.21. The topological polar surface area (TPSA) is 93.1 Å². The molecule has 2 aliphatic heterocycles. The van der Waals surface area contributed by atoms with Gasteiger partial charge in [-0.2, -0.15) is 4.90 Å². The van der Waals surface area contributed by atoms with Gasteiger partial charge in [0, 0.05) is 5.92 Å². The van der Waals surface area contributed by atoms with Gasteiger partial charge in [-0.05, 0) is 79.8 Å². The van der Waals surface area contributed by atoms with Crippen LogP contribution in [0.15, 0.2) is 28.9 Å². The third kappa shape index (κ3) is 4.49. The molecule has 7 nitrogen and oxygen atoms in total. The van der Waals surface area contributed by atoms with Crippen molar-refractivity contribution in [2.24, 2.45) is 23.7 Å². The summed E-state index contributed by atoms with van der Waals surface area (Å²) in [6.07, 6.45) is 4.19. The molecule has 1 N–H and O–H groups in total. The van der Waals surface area contributed by atoms with Crippen molar-refractivity contribution in [1.29, 1.82) is 0 Å². The summed E-state index contributed by atoms with van der Waals surface area (Å²) in [6.45, 7) is 10.6. The highest BCUT2D eigenvalue weighted by Crippen LogP contribution is 2.51. The summed E-state index contributed by atoms with van der Waals surface area (Å²) < 4.78 is 11.0. The number of rotatable bonds is 6. The second-order valence-electron chi connectivity index (χ2n) is 10.6. The van der Waals surface area contributed by atoms with E-state index < -0.39 is 29.7 Å². The molecule has 2 saturated heterocycles. The summed E-state index contributed by atoms with van der Waals surface area (Å²) in [6, 6.07) is 3.99. The minimum atomic E-state index is -0.903. The van der Waals surface area contributed by atoms with E-state index in [-0.39, 0.29) is 17.9 Å². The van der Waals surface area contributed by atoms with Crippen LogP contribution >= 0.6 is 0 Å². The fraction of sp³-hybridized carbons (Fsp3) is 0.552. The van der Waals surface area contributed by atoms with Crippen LogP contribution in [0.4, 0.5) is 4.79 Å². The molecule has 194 valence electrons. The largest absolute Gasteiger partial charge is 0.507 e. The van der Waals surface area contributed by atoms with Gasteiger partial charge in [-0.25, -0.2) is 4.79 Å². The molecule has 0 aromatic heterocycles.